The van der Waals surface area contributed by atoms with E-state index in [0.717, 1.165) is 33.1 Å². The van der Waals surface area contributed by atoms with Gasteiger partial charge >= 0.3 is 91.2 Å². The fraction of sp³-hybridized carbons (Fsp3) is 0.341. The number of halogens is 5. The van der Waals surface area contributed by atoms with Crippen LogP contribution < -0.4 is 29.6 Å². The first-order valence-electron chi connectivity index (χ1n) is 18.4. The van der Waals surface area contributed by atoms with Crippen LogP contribution in [0.2, 0.25) is 0 Å². The van der Waals surface area contributed by atoms with E-state index in [2.05, 4.69) is 15.9 Å². The molecule has 0 unspecified atom stereocenters. The third-order valence-corrected chi connectivity index (χ3v) is 7.54. The Hall–Kier alpha value is -2.03. The SMILES string of the molecule is CCOC(=O)Cc1cccc(C)c1.CCOC(=O)Cc1cccc(CBr)c1.CCOC(=O)Cc1cccc(CO)c1.ClC(Cl)(Cl)Cl.O=C(O)Cc1cccc(CO)c1.O=[C-]O.[Ca+2].[Na+].[OH-].[OH-]. The maximum Gasteiger partial charge on any atom is 2.00 e. The Bertz CT molecular complexity index is 1810. The van der Waals surface area contributed by atoms with Gasteiger partial charge < -0.3 is 50.4 Å². The summed E-state index contributed by atoms with van der Waals surface area (Å²) in [6, 6.07) is 30.0. The van der Waals surface area contributed by atoms with E-state index in [9.17, 15) is 19.2 Å². The van der Waals surface area contributed by atoms with Crippen LogP contribution in [-0.4, -0.2) is 123 Å². The average molecular weight is 1090 g/mol. The number of ether oxygens (including phenoxy) is 3. The van der Waals surface area contributed by atoms with Crippen LogP contribution in [0.25, 0.3) is 0 Å². The molecule has 0 spiro atoms. The summed E-state index contributed by atoms with van der Waals surface area (Å²) < 4.78 is 12.9. The van der Waals surface area contributed by atoms with Crippen molar-refractivity contribution in [2.24, 2.45) is 0 Å². The van der Waals surface area contributed by atoms with Gasteiger partial charge in [-0.25, -0.2) is 0 Å². The van der Waals surface area contributed by atoms with Gasteiger partial charge in [0.1, 0.15) is 0 Å². The molecule has 4 aromatic carbocycles. The van der Waals surface area contributed by atoms with Gasteiger partial charge in [0.05, 0.1) is 58.7 Å². The van der Waals surface area contributed by atoms with Gasteiger partial charge in [-0.15, -0.1) is 0 Å². The third kappa shape index (κ3) is 46.9. The Morgan fingerprint density at radius 3 is 1.12 bits per heavy atom. The Morgan fingerprint density at radius 1 is 0.585 bits per heavy atom. The standard InChI is InChI=1S/C11H13BrO2.C11H14O3.C11H14O2.C9H10O3.CCl4.CHO2.Ca.Na.2H2O/c2*1-2-14-11(13)7-9-4-3-5-10(6-9)8-12;1-3-13-11(12)8-10-6-4-5-9(2)7-10;10-6-8-3-1-2-7(4-8)5-9(11)12;2-1(3,4)5;2-1-3;;;;/h3-6H,2,7-8H2,1H3;3-6,12H,2,7-8H2,1H3;4-7H,3,8H2,1-2H3;1-4,10H,5-6H2,(H,11,12);;(H,2,3);;;2*1H2/q;;;;;-1;+2;+1;;/p-2. The van der Waals surface area contributed by atoms with Crippen molar-refractivity contribution in [3.05, 3.63) is 142 Å². The summed E-state index contributed by atoms with van der Waals surface area (Å²) in [5.41, 5.74) is 7.50. The Kier molecular flexibility index (Phi) is 53.9. The van der Waals surface area contributed by atoms with Gasteiger partial charge in [-0.2, -0.15) is 0 Å². The molecule has 4 aromatic rings. The van der Waals surface area contributed by atoms with E-state index in [0.29, 0.717) is 44.7 Å². The van der Waals surface area contributed by atoms with E-state index in [4.69, 9.17) is 85.8 Å². The first-order chi connectivity index (χ1) is 28.9. The number of benzene rings is 4. The zero-order valence-corrected chi connectivity index (χ0v) is 45.7. The number of aliphatic hydroxyl groups is 2. The predicted octanol–water partition coefficient (Wildman–Crippen LogP) is 5.31. The van der Waals surface area contributed by atoms with Gasteiger partial charge in [0, 0.05) is 5.33 Å². The maximum atomic E-state index is 11.2. The summed E-state index contributed by atoms with van der Waals surface area (Å²) in [6.07, 6.45) is 1.000. The number of rotatable bonds is 14. The second-order valence-corrected chi connectivity index (χ2v) is 15.9. The van der Waals surface area contributed by atoms with Gasteiger partial charge in [0.15, 0.2) is 0 Å². The number of carbonyl (C=O) groups is 4. The number of hydrogen-bond donors (Lipinski definition) is 4. The van der Waals surface area contributed by atoms with Crippen molar-refractivity contribution >= 4 is 130 Å². The molecule has 0 radical (unpaired) electrons. The molecular weight excluding hydrogens is 1040 g/mol. The van der Waals surface area contributed by atoms with E-state index in [1.54, 1.807) is 37.3 Å². The summed E-state index contributed by atoms with van der Waals surface area (Å²) in [7, 11) is 0. The largest absolute Gasteiger partial charge is 2.00 e. The molecule has 0 aliphatic carbocycles. The maximum absolute atomic E-state index is 11.2. The normalized spacial score (nSPS) is 9.09. The monoisotopic (exact) mass is 1090 g/mol. The van der Waals surface area contributed by atoms with E-state index >= 15 is 0 Å². The van der Waals surface area contributed by atoms with Crippen LogP contribution in [0.5, 0.6) is 0 Å². The summed E-state index contributed by atoms with van der Waals surface area (Å²) >= 11 is 22.7. The van der Waals surface area contributed by atoms with Crippen LogP contribution >= 0.6 is 62.3 Å². The molecule has 352 valence electrons. The van der Waals surface area contributed by atoms with Gasteiger partial charge in [0.25, 0.3) is 3.25 Å². The van der Waals surface area contributed by atoms with E-state index in [1.165, 1.54) is 11.1 Å². The van der Waals surface area contributed by atoms with Crippen molar-refractivity contribution in [2.75, 3.05) is 19.8 Å². The van der Waals surface area contributed by atoms with E-state index < -0.39 is 9.22 Å². The summed E-state index contributed by atoms with van der Waals surface area (Å²) in [5.74, 6) is -1.42. The number of esters is 3. The number of carboxylic acids is 1. The van der Waals surface area contributed by atoms with Crippen molar-refractivity contribution in [2.45, 2.75) is 75.2 Å². The molecule has 6 N–H and O–H groups in total. The molecule has 0 bridgehead atoms. The van der Waals surface area contributed by atoms with E-state index in [-0.39, 0.29) is 122 Å². The minimum atomic E-state index is -1.61. The molecule has 0 atom stereocenters. The van der Waals surface area contributed by atoms with Gasteiger partial charge in [-0.1, -0.05) is 171 Å². The molecule has 0 heterocycles. The van der Waals surface area contributed by atoms with Gasteiger partial charge in [-0.3, -0.25) is 19.2 Å². The topological polar surface area (TPSA) is 254 Å². The number of carboxylic acid groups (broad SMARTS) is 1. The quantitative estimate of drug-likeness (QED) is 0.0411. The first-order valence-corrected chi connectivity index (χ1v) is 21.0. The summed E-state index contributed by atoms with van der Waals surface area (Å²) in [5, 5.41) is 33.7. The molecule has 14 nitrogen and oxygen atoms in total. The molecule has 0 amide bonds. The smallest absolute Gasteiger partial charge is 0.870 e. The number of aryl methyl sites for hydroxylation is 1. The van der Waals surface area contributed by atoms with Crippen LogP contribution in [0.1, 0.15) is 65.3 Å². The average Bonchev–Trinajstić information content (AvgIpc) is 3.18. The molecule has 0 fully saturated rings. The Balaban J connectivity index is -0.000000166. The van der Waals surface area contributed by atoms with Crippen LogP contribution in [0.4, 0.5) is 0 Å². The second-order valence-electron chi connectivity index (χ2n) is 11.9. The van der Waals surface area contributed by atoms with Crippen LogP contribution in [-0.2, 0) is 82.4 Å². The fourth-order valence-corrected chi connectivity index (χ4v) is 4.98. The zero-order chi connectivity index (χ0) is 46.6. The van der Waals surface area contributed by atoms with Gasteiger partial charge in [0.2, 0.25) is 0 Å². The molecule has 0 aliphatic rings. The van der Waals surface area contributed by atoms with Crippen LogP contribution in [0.15, 0.2) is 97.1 Å². The van der Waals surface area contributed by atoms with E-state index in [1.807, 2.05) is 87.5 Å². The molecule has 65 heavy (non-hydrogen) atoms. The minimum absolute atomic E-state index is 0. The summed E-state index contributed by atoms with van der Waals surface area (Å²) in [6.45, 7) is 9.15. The zero-order valence-electron chi connectivity index (χ0n) is 36.9. The first kappa shape index (κ1) is 74.5. The Morgan fingerprint density at radius 2 is 0.846 bits per heavy atom. The summed E-state index contributed by atoms with van der Waals surface area (Å²) in [4.78, 5) is 51.9. The number of aliphatic carboxylic acids is 1. The second kappa shape index (κ2) is 47.1. The van der Waals surface area contributed by atoms with Crippen molar-refractivity contribution in [1.29, 1.82) is 0 Å². The molecular formula is C44H54BrCaCl4NaO14. The van der Waals surface area contributed by atoms with Crippen LogP contribution in [0.3, 0.4) is 0 Å². The molecule has 0 aromatic heterocycles. The molecule has 0 saturated carbocycles. The third-order valence-electron chi connectivity index (χ3n) is 6.89. The van der Waals surface area contributed by atoms with Crippen LogP contribution in [0, 0.1) is 6.92 Å². The molecule has 21 heteroatoms. The van der Waals surface area contributed by atoms with Crippen molar-refractivity contribution in [3.63, 3.8) is 0 Å². The number of aliphatic hydroxyl groups excluding tert-OH is 3. The minimum Gasteiger partial charge on any atom is -0.870 e. The predicted molar refractivity (Wildman–Crippen MR) is 251 cm³/mol. The van der Waals surface area contributed by atoms with Crippen molar-refractivity contribution in [3.8, 4) is 0 Å². The number of carbonyl (C=O) groups excluding carboxylic acids is 3. The van der Waals surface area contributed by atoms with Gasteiger partial charge in [-0.05, 0) is 66.6 Å². The number of hydrogen-bond acceptors (Lipinski definition) is 12. The molecule has 0 aliphatic heterocycles. The molecule has 0 saturated heterocycles. The Labute approximate surface area is 461 Å². The van der Waals surface area contributed by atoms with Crippen molar-refractivity contribution < 1.29 is 99.1 Å². The molecule has 4 rings (SSSR count). The number of alkyl halides is 5. The van der Waals surface area contributed by atoms with Crippen molar-refractivity contribution in [1.82, 2.24) is 0 Å². The fourth-order valence-electron chi connectivity index (χ4n) is 4.63.